The second-order valence-electron chi connectivity index (χ2n) is 9.15. The van der Waals surface area contributed by atoms with Gasteiger partial charge in [0, 0.05) is 23.4 Å². The Bertz CT molecular complexity index is 1640. The zero-order valence-corrected chi connectivity index (χ0v) is 22.0. The molecule has 2 amide bonds. The minimum Gasteiger partial charge on any atom is -0.496 e. The van der Waals surface area contributed by atoms with Crippen LogP contribution in [-0.2, 0) is 14.6 Å². The lowest BCUT2D eigenvalue weighted by atomic mass is 9.78. The van der Waals surface area contributed by atoms with Crippen LogP contribution >= 0.6 is 0 Å². The molecule has 3 aromatic carbocycles. The molecule has 4 rings (SSSR count). The largest absolute Gasteiger partial charge is 0.501 e. The van der Waals surface area contributed by atoms with E-state index >= 15 is 0 Å². The highest BCUT2D eigenvalue weighted by Crippen LogP contribution is 2.34. The van der Waals surface area contributed by atoms with Crippen molar-refractivity contribution in [2.45, 2.75) is 29.3 Å². The molecular weight excluding hydrogens is 572 g/mol. The van der Waals surface area contributed by atoms with Crippen molar-refractivity contribution in [3.63, 3.8) is 0 Å². The number of amides is 2. The highest BCUT2D eigenvalue weighted by Gasteiger charge is 2.47. The van der Waals surface area contributed by atoms with Gasteiger partial charge in [-0.25, -0.2) is 17.6 Å². The van der Waals surface area contributed by atoms with E-state index in [1.165, 1.54) is 43.5 Å². The van der Waals surface area contributed by atoms with Crippen molar-refractivity contribution in [1.82, 2.24) is 5.32 Å². The number of alkyl halides is 3. The molecular formula is C27H22F4N2O7S. The van der Waals surface area contributed by atoms with Crippen LogP contribution in [-0.4, -0.2) is 50.0 Å². The standard InChI is InChI=1S/C27H22F4N2O7S/c1-40-23-13-21(28)19(14-4-2-5-15(10-14)26(36)37)12-20(23)25(35)33-22-9-8-18(22)24(34)32-16-6-3-7-17(11-16)41(38,39)27(29,30)31/h2-7,10-13,18,22H,8-9H2,1H3,(H,32,34)(H,33,35)(H,36,37). The third-order valence-electron chi connectivity index (χ3n) is 6.60. The fourth-order valence-corrected chi connectivity index (χ4v) is 5.09. The van der Waals surface area contributed by atoms with Crippen LogP contribution in [0.1, 0.15) is 33.6 Å². The Balaban J connectivity index is 1.52. The molecule has 0 saturated heterocycles. The maximum Gasteiger partial charge on any atom is 0.501 e. The van der Waals surface area contributed by atoms with Gasteiger partial charge in [0.25, 0.3) is 15.7 Å². The summed E-state index contributed by atoms with van der Waals surface area (Å²) in [5, 5.41) is 14.3. The molecule has 3 N–H and O–H groups in total. The Morgan fingerprint density at radius 1 is 1.00 bits per heavy atom. The summed E-state index contributed by atoms with van der Waals surface area (Å²) >= 11 is 0. The summed E-state index contributed by atoms with van der Waals surface area (Å²) in [4.78, 5) is 36.3. The van der Waals surface area contributed by atoms with Crippen molar-refractivity contribution < 1.29 is 50.2 Å². The van der Waals surface area contributed by atoms with E-state index in [1.54, 1.807) is 0 Å². The maximum atomic E-state index is 14.9. The first-order valence-electron chi connectivity index (χ1n) is 12.0. The van der Waals surface area contributed by atoms with Gasteiger partial charge in [0.05, 0.1) is 29.1 Å². The molecule has 216 valence electrons. The van der Waals surface area contributed by atoms with Crippen molar-refractivity contribution in [3.8, 4) is 16.9 Å². The number of benzene rings is 3. The van der Waals surface area contributed by atoms with Gasteiger partial charge in [-0.05, 0) is 54.8 Å². The Morgan fingerprint density at radius 2 is 1.71 bits per heavy atom. The number of anilines is 1. The van der Waals surface area contributed by atoms with Gasteiger partial charge < -0.3 is 20.5 Å². The molecule has 2 atom stereocenters. The number of halogens is 4. The van der Waals surface area contributed by atoms with Crippen LogP contribution in [0, 0.1) is 11.7 Å². The minimum absolute atomic E-state index is 0.0596. The Morgan fingerprint density at radius 3 is 2.32 bits per heavy atom. The van der Waals surface area contributed by atoms with Crippen molar-refractivity contribution in [2.24, 2.45) is 5.92 Å². The van der Waals surface area contributed by atoms with Crippen LogP contribution in [0.2, 0.25) is 0 Å². The van der Waals surface area contributed by atoms with E-state index in [4.69, 9.17) is 4.74 Å². The topological polar surface area (TPSA) is 139 Å². The number of sulfone groups is 1. The van der Waals surface area contributed by atoms with Gasteiger partial charge in [-0.2, -0.15) is 13.2 Å². The molecule has 1 fully saturated rings. The van der Waals surface area contributed by atoms with Crippen molar-refractivity contribution >= 4 is 33.3 Å². The summed E-state index contributed by atoms with van der Waals surface area (Å²) in [5.41, 5.74) is -5.72. The zero-order chi connectivity index (χ0) is 30.1. The van der Waals surface area contributed by atoms with E-state index in [0.29, 0.717) is 18.9 Å². The molecule has 14 heteroatoms. The number of carboxylic acids is 1. The first kappa shape index (κ1) is 29.5. The summed E-state index contributed by atoms with van der Waals surface area (Å²) < 4.78 is 82.1. The molecule has 1 saturated carbocycles. The van der Waals surface area contributed by atoms with Gasteiger partial charge >= 0.3 is 11.5 Å². The van der Waals surface area contributed by atoms with Gasteiger partial charge in [-0.1, -0.05) is 18.2 Å². The van der Waals surface area contributed by atoms with E-state index < -0.39 is 55.8 Å². The quantitative estimate of drug-likeness (QED) is 0.323. The summed E-state index contributed by atoms with van der Waals surface area (Å²) in [5.74, 6) is -4.25. The van der Waals surface area contributed by atoms with Crippen LogP contribution in [0.25, 0.3) is 11.1 Å². The number of ether oxygens (including phenoxy) is 1. The van der Waals surface area contributed by atoms with Crippen LogP contribution in [0.4, 0.5) is 23.2 Å². The lowest BCUT2D eigenvalue weighted by molar-refractivity contribution is -0.123. The number of hydrogen-bond donors (Lipinski definition) is 3. The lowest BCUT2D eigenvalue weighted by Crippen LogP contribution is -2.51. The molecule has 0 aromatic heterocycles. The van der Waals surface area contributed by atoms with E-state index in [0.717, 1.165) is 18.2 Å². The number of rotatable bonds is 8. The minimum atomic E-state index is -5.62. The molecule has 0 aliphatic heterocycles. The van der Waals surface area contributed by atoms with E-state index in [2.05, 4.69) is 10.6 Å². The summed E-state index contributed by atoms with van der Waals surface area (Å²) in [6.45, 7) is 0. The Kier molecular flexibility index (Phi) is 8.06. The molecule has 41 heavy (non-hydrogen) atoms. The molecule has 0 radical (unpaired) electrons. The maximum absolute atomic E-state index is 14.9. The summed E-state index contributed by atoms with van der Waals surface area (Å²) in [6.07, 6.45) is 0.703. The van der Waals surface area contributed by atoms with Crippen LogP contribution in [0.3, 0.4) is 0 Å². The third-order valence-corrected chi connectivity index (χ3v) is 8.08. The molecule has 1 aliphatic rings. The van der Waals surface area contributed by atoms with E-state index in [9.17, 15) is 45.5 Å². The average molecular weight is 595 g/mol. The molecule has 0 spiro atoms. The fraction of sp³-hybridized carbons (Fsp3) is 0.222. The average Bonchev–Trinajstić information content (AvgIpc) is 2.90. The second-order valence-corrected chi connectivity index (χ2v) is 11.1. The van der Waals surface area contributed by atoms with Gasteiger partial charge in [0.2, 0.25) is 5.91 Å². The zero-order valence-electron chi connectivity index (χ0n) is 21.2. The first-order chi connectivity index (χ1) is 19.2. The van der Waals surface area contributed by atoms with Crippen molar-refractivity contribution in [1.29, 1.82) is 0 Å². The molecule has 0 bridgehead atoms. The number of carboxylic acid groups (broad SMARTS) is 1. The number of nitrogens with one attached hydrogen (secondary N) is 2. The van der Waals surface area contributed by atoms with Gasteiger partial charge in [-0.3, -0.25) is 9.59 Å². The lowest BCUT2D eigenvalue weighted by Gasteiger charge is -2.36. The summed E-state index contributed by atoms with van der Waals surface area (Å²) in [7, 11) is -4.39. The Hall–Kier alpha value is -4.46. The highest BCUT2D eigenvalue weighted by atomic mass is 32.2. The van der Waals surface area contributed by atoms with Crippen molar-refractivity contribution in [2.75, 3.05) is 12.4 Å². The van der Waals surface area contributed by atoms with Gasteiger partial charge in [-0.15, -0.1) is 0 Å². The van der Waals surface area contributed by atoms with Gasteiger partial charge in [0.15, 0.2) is 0 Å². The van der Waals surface area contributed by atoms with Crippen LogP contribution in [0.5, 0.6) is 5.75 Å². The van der Waals surface area contributed by atoms with Crippen LogP contribution < -0.4 is 15.4 Å². The molecule has 3 aromatic rings. The first-order valence-corrected chi connectivity index (χ1v) is 13.5. The Labute approximate surface area is 231 Å². The normalized spacial score (nSPS) is 16.8. The predicted octanol–water partition coefficient (Wildman–Crippen LogP) is 4.64. The molecule has 9 nitrogen and oxygen atoms in total. The predicted molar refractivity (Wildman–Crippen MR) is 138 cm³/mol. The van der Waals surface area contributed by atoms with Crippen LogP contribution in [0.15, 0.2) is 65.6 Å². The number of hydrogen-bond acceptors (Lipinski definition) is 6. The number of aromatic carboxylic acids is 1. The third kappa shape index (κ3) is 6.01. The SMILES string of the molecule is COc1cc(F)c(-c2cccc(C(=O)O)c2)cc1C(=O)NC1CCC1C(=O)Nc1cccc(S(=O)(=O)C(F)(F)F)c1. The fourth-order valence-electron chi connectivity index (χ4n) is 4.28. The second kappa shape index (κ2) is 11.2. The van der Waals surface area contributed by atoms with Crippen molar-refractivity contribution in [3.05, 3.63) is 77.6 Å². The highest BCUT2D eigenvalue weighted by molar-refractivity contribution is 7.92. The molecule has 0 heterocycles. The smallest absolute Gasteiger partial charge is 0.496 e. The van der Waals surface area contributed by atoms with Gasteiger partial charge in [0.1, 0.15) is 11.6 Å². The monoisotopic (exact) mass is 594 g/mol. The summed E-state index contributed by atoms with van der Waals surface area (Å²) in [6, 6.07) is 10.7. The number of carbonyl (C=O) groups excluding carboxylic acids is 2. The number of methoxy groups -OCH3 is 1. The molecule has 2 unspecified atom stereocenters. The number of carbonyl (C=O) groups is 3. The molecule has 1 aliphatic carbocycles. The van der Waals surface area contributed by atoms with E-state index in [-0.39, 0.29) is 33.7 Å². The van der Waals surface area contributed by atoms with E-state index in [1.807, 2.05) is 0 Å².